The van der Waals surface area contributed by atoms with E-state index in [2.05, 4.69) is 15.1 Å². The van der Waals surface area contributed by atoms with E-state index in [0.717, 1.165) is 11.3 Å². The standard InChI is InChI=1S/C23H23N5O2/c1-3-19(17-10-6-4-7-11-17)22(30)27(18-12-8-5-9-13-18)15-20-25-23-24-16(2)14-21(29)28(23)26-20/h4-14,19H,3,15H2,1-2H3,(H,24,25,26)/t19-/m1/s1. The molecule has 1 amide bonds. The fourth-order valence-corrected chi connectivity index (χ4v) is 3.59. The van der Waals surface area contributed by atoms with Gasteiger partial charge in [0, 0.05) is 17.4 Å². The Morgan fingerprint density at radius 1 is 1.07 bits per heavy atom. The van der Waals surface area contributed by atoms with Crippen LogP contribution in [0.1, 0.15) is 36.3 Å². The number of fused-ring (bicyclic) bond motifs is 1. The first kappa shape index (κ1) is 19.6. The van der Waals surface area contributed by atoms with Gasteiger partial charge in [-0.2, -0.15) is 9.50 Å². The molecule has 0 fully saturated rings. The third-order valence-corrected chi connectivity index (χ3v) is 5.05. The molecule has 7 nitrogen and oxygen atoms in total. The first-order valence-electron chi connectivity index (χ1n) is 9.93. The molecule has 2 aromatic carbocycles. The zero-order valence-corrected chi connectivity index (χ0v) is 16.9. The summed E-state index contributed by atoms with van der Waals surface area (Å²) in [5, 5.41) is 2.98. The van der Waals surface area contributed by atoms with Crippen molar-refractivity contribution in [3.63, 3.8) is 0 Å². The van der Waals surface area contributed by atoms with Gasteiger partial charge in [-0.05, 0) is 31.0 Å². The molecule has 7 heteroatoms. The van der Waals surface area contributed by atoms with Gasteiger partial charge in [0.15, 0.2) is 0 Å². The van der Waals surface area contributed by atoms with Crippen molar-refractivity contribution in [2.24, 2.45) is 0 Å². The smallest absolute Gasteiger partial charge is 0.274 e. The Morgan fingerprint density at radius 2 is 1.73 bits per heavy atom. The van der Waals surface area contributed by atoms with Gasteiger partial charge in [-0.15, -0.1) is 0 Å². The van der Waals surface area contributed by atoms with Crippen LogP contribution in [0, 0.1) is 6.92 Å². The van der Waals surface area contributed by atoms with Gasteiger partial charge in [0.2, 0.25) is 5.91 Å². The molecular weight excluding hydrogens is 378 g/mol. The van der Waals surface area contributed by atoms with Gasteiger partial charge in [0.25, 0.3) is 11.3 Å². The van der Waals surface area contributed by atoms with Crippen LogP contribution in [0.3, 0.4) is 0 Å². The Kier molecular flexibility index (Phi) is 5.43. The summed E-state index contributed by atoms with van der Waals surface area (Å²) >= 11 is 0. The van der Waals surface area contributed by atoms with E-state index in [1.54, 1.807) is 11.8 Å². The Hall–Kier alpha value is -3.74. The Labute approximate surface area is 174 Å². The number of amides is 1. The lowest BCUT2D eigenvalue weighted by atomic mass is 9.94. The SMILES string of the molecule is CC[C@@H](C(=O)N(Cc1nc2nc(C)cc(=O)n2[nH]1)c1ccccc1)c1ccccc1. The number of benzene rings is 2. The number of rotatable bonds is 6. The molecule has 152 valence electrons. The average molecular weight is 401 g/mol. The maximum absolute atomic E-state index is 13.6. The van der Waals surface area contributed by atoms with Crippen molar-refractivity contribution in [1.29, 1.82) is 0 Å². The number of nitrogens with zero attached hydrogens (tertiary/aromatic N) is 4. The number of hydrogen-bond acceptors (Lipinski definition) is 4. The minimum absolute atomic E-state index is 0.0214. The topological polar surface area (TPSA) is 83.4 Å². The van der Waals surface area contributed by atoms with Crippen molar-refractivity contribution in [3.05, 3.63) is 94.2 Å². The molecule has 4 aromatic rings. The second-order valence-corrected chi connectivity index (χ2v) is 7.17. The summed E-state index contributed by atoms with van der Waals surface area (Å²) < 4.78 is 1.30. The van der Waals surface area contributed by atoms with Crippen LogP contribution in [-0.4, -0.2) is 25.5 Å². The second kappa shape index (κ2) is 8.32. The normalized spacial score (nSPS) is 12.1. The number of carbonyl (C=O) groups is 1. The van der Waals surface area contributed by atoms with E-state index in [-0.39, 0.29) is 23.9 Å². The summed E-state index contributed by atoms with van der Waals surface area (Å²) in [6.07, 6.45) is 0.673. The summed E-state index contributed by atoms with van der Waals surface area (Å²) in [6, 6.07) is 20.7. The minimum Gasteiger partial charge on any atom is -0.304 e. The average Bonchev–Trinajstić information content (AvgIpc) is 3.17. The van der Waals surface area contributed by atoms with Crippen molar-refractivity contribution in [1.82, 2.24) is 19.6 Å². The molecule has 0 aliphatic carbocycles. The lowest BCUT2D eigenvalue weighted by Crippen LogP contribution is -2.35. The number of anilines is 1. The van der Waals surface area contributed by atoms with Crippen molar-refractivity contribution >= 4 is 17.4 Å². The second-order valence-electron chi connectivity index (χ2n) is 7.17. The van der Waals surface area contributed by atoms with Gasteiger partial charge < -0.3 is 4.90 Å². The van der Waals surface area contributed by atoms with Crippen molar-refractivity contribution in [2.75, 3.05) is 4.90 Å². The van der Waals surface area contributed by atoms with Crippen LogP contribution in [0.5, 0.6) is 0 Å². The summed E-state index contributed by atoms with van der Waals surface area (Å²) in [4.78, 5) is 36.3. The molecule has 0 radical (unpaired) electrons. The van der Waals surface area contributed by atoms with Crippen molar-refractivity contribution in [2.45, 2.75) is 32.7 Å². The molecule has 1 N–H and O–H groups in total. The number of aryl methyl sites for hydroxylation is 1. The highest BCUT2D eigenvalue weighted by Gasteiger charge is 2.26. The van der Waals surface area contributed by atoms with E-state index < -0.39 is 0 Å². The van der Waals surface area contributed by atoms with Gasteiger partial charge in [0.1, 0.15) is 5.82 Å². The summed E-state index contributed by atoms with van der Waals surface area (Å²) in [5.74, 6) is 0.488. The lowest BCUT2D eigenvalue weighted by molar-refractivity contribution is -0.120. The first-order chi connectivity index (χ1) is 14.6. The van der Waals surface area contributed by atoms with Crippen molar-refractivity contribution < 1.29 is 4.79 Å². The molecule has 2 aromatic heterocycles. The molecule has 0 unspecified atom stereocenters. The predicted octanol–water partition coefficient (Wildman–Crippen LogP) is 3.45. The maximum Gasteiger partial charge on any atom is 0.274 e. The summed E-state index contributed by atoms with van der Waals surface area (Å²) in [6.45, 7) is 3.96. The van der Waals surface area contributed by atoms with Crippen LogP contribution >= 0.6 is 0 Å². The molecule has 0 saturated heterocycles. The van der Waals surface area contributed by atoms with Crippen LogP contribution in [0.25, 0.3) is 5.78 Å². The van der Waals surface area contributed by atoms with Crippen LogP contribution < -0.4 is 10.5 Å². The maximum atomic E-state index is 13.6. The predicted molar refractivity (Wildman–Crippen MR) is 115 cm³/mol. The molecule has 1 atom stereocenters. The van der Waals surface area contributed by atoms with Gasteiger partial charge in [-0.1, -0.05) is 55.5 Å². The zero-order valence-electron chi connectivity index (χ0n) is 16.9. The number of aromatic nitrogens is 4. The van der Waals surface area contributed by atoms with E-state index >= 15 is 0 Å². The molecule has 0 aliphatic rings. The molecule has 4 rings (SSSR count). The number of nitrogens with one attached hydrogen (secondary N) is 1. The van der Waals surface area contributed by atoms with E-state index in [1.807, 2.05) is 67.6 Å². The van der Waals surface area contributed by atoms with E-state index in [9.17, 15) is 9.59 Å². The molecule has 2 heterocycles. The summed E-state index contributed by atoms with van der Waals surface area (Å²) in [5.41, 5.74) is 2.12. The number of hydrogen-bond donors (Lipinski definition) is 1. The van der Waals surface area contributed by atoms with Gasteiger partial charge in [0.05, 0.1) is 12.5 Å². The molecule has 0 spiro atoms. The Morgan fingerprint density at radius 3 is 2.40 bits per heavy atom. The molecule has 0 saturated carbocycles. The fraction of sp³-hybridized carbons (Fsp3) is 0.217. The number of H-pyrrole nitrogens is 1. The number of carbonyl (C=O) groups excluding carboxylic acids is 1. The van der Waals surface area contributed by atoms with Gasteiger partial charge in [-0.3, -0.25) is 14.7 Å². The van der Waals surface area contributed by atoms with E-state index in [1.165, 1.54) is 10.6 Å². The Balaban J connectivity index is 1.73. The first-order valence-corrected chi connectivity index (χ1v) is 9.93. The third kappa shape index (κ3) is 3.87. The Bertz CT molecular complexity index is 1210. The minimum atomic E-state index is -0.279. The highest BCUT2D eigenvalue weighted by atomic mass is 16.2. The van der Waals surface area contributed by atoms with E-state index in [4.69, 9.17) is 0 Å². The quantitative estimate of drug-likeness (QED) is 0.536. The van der Waals surface area contributed by atoms with Gasteiger partial charge >= 0.3 is 0 Å². The molecule has 0 aliphatic heterocycles. The van der Waals surface area contributed by atoms with Crippen LogP contribution in [0.2, 0.25) is 0 Å². The molecule has 30 heavy (non-hydrogen) atoms. The van der Waals surface area contributed by atoms with Crippen LogP contribution in [-0.2, 0) is 11.3 Å². The van der Waals surface area contributed by atoms with Crippen LogP contribution in [0.15, 0.2) is 71.5 Å². The highest BCUT2D eigenvalue weighted by Crippen LogP contribution is 2.26. The summed E-state index contributed by atoms with van der Waals surface area (Å²) in [7, 11) is 0. The lowest BCUT2D eigenvalue weighted by Gasteiger charge is -2.26. The monoisotopic (exact) mass is 401 g/mol. The zero-order chi connectivity index (χ0) is 21.1. The van der Waals surface area contributed by atoms with Crippen LogP contribution in [0.4, 0.5) is 5.69 Å². The number of para-hydroxylation sites is 1. The molecule has 0 bridgehead atoms. The largest absolute Gasteiger partial charge is 0.304 e. The third-order valence-electron chi connectivity index (χ3n) is 5.05. The fourth-order valence-electron chi connectivity index (χ4n) is 3.59. The van der Waals surface area contributed by atoms with Crippen molar-refractivity contribution in [3.8, 4) is 0 Å². The van der Waals surface area contributed by atoms with E-state index in [0.29, 0.717) is 23.7 Å². The highest BCUT2D eigenvalue weighted by molar-refractivity contribution is 5.97. The molecular formula is C23H23N5O2. The van der Waals surface area contributed by atoms with Gasteiger partial charge in [-0.25, -0.2) is 4.98 Å². The number of aromatic amines is 1.